The van der Waals surface area contributed by atoms with Crippen LogP contribution in [0, 0.1) is 5.41 Å². The van der Waals surface area contributed by atoms with Crippen LogP contribution in [0.25, 0.3) is 0 Å². The fourth-order valence-electron chi connectivity index (χ4n) is 2.88. The number of carbonyl (C=O) groups excluding carboxylic acids is 1. The van der Waals surface area contributed by atoms with Crippen LogP contribution in [0.3, 0.4) is 0 Å². The van der Waals surface area contributed by atoms with Crippen molar-refractivity contribution in [1.29, 1.82) is 0 Å². The molecule has 0 aliphatic carbocycles. The van der Waals surface area contributed by atoms with Gasteiger partial charge in [0.25, 0.3) is 0 Å². The van der Waals surface area contributed by atoms with Crippen molar-refractivity contribution < 1.29 is 4.79 Å². The van der Waals surface area contributed by atoms with Crippen LogP contribution < -0.4 is 5.73 Å². The summed E-state index contributed by atoms with van der Waals surface area (Å²) in [6.45, 7) is 8.24. The second kappa shape index (κ2) is 21.1. The second-order valence-electron chi connectivity index (χ2n) is 8.28. The summed E-state index contributed by atoms with van der Waals surface area (Å²) in [5.74, 6) is 0.627. The van der Waals surface area contributed by atoms with Gasteiger partial charge in [0.15, 0.2) is 0 Å². The first-order valence-corrected chi connectivity index (χ1v) is 11.8. The maximum atomic E-state index is 11.2. The Hall–Kier alpha value is -0.240. The van der Waals surface area contributed by atoms with Gasteiger partial charge in [0, 0.05) is 11.3 Å². The number of carbonyl (C=O) groups is 1. The van der Waals surface area contributed by atoms with E-state index < -0.39 is 0 Å². The summed E-state index contributed by atoms with van der Waals surface area (Å²) in [5.41, 5.74) is 5.06. The third kappa shape index (κ3) is 21.8. The van der Waals surface area contributed by atoms with Crippen molar-refractivity contribution in [2.45, 2.75) is 130 Å². The quantitative estimate of drug-likeness (QED) is 0.198. The molecule has 158 valence electrons. The highest BCUT2D eigenvalue weighted by molar-refractivity contribution is 6.17. The van der Waals surface area contributed by atoms with Crippen LogP contribution in [-0.2, 0) is 4.79 Å². The van der Waals surface area contributed by atoms with Gasteiger partial charge in [-0.1, -0.05) is 118 Å². The summed E-state index contributed by atoms with van der Waals surface area (Å²) >= 11 is 5.19. The number of rotatable bonds is 17. The molecule has 0 rings (SSSR count). The minimum Gasteiger partial charge on any atom is -0.369 e. The number of nitrogens with two attached hydrogens (primary N) is 1. The Morgan fingerprint density at radius 1 is 0.692 bits per heavy atom. The number of halogens is 1. The van der Waals surface area contributed by atoms with Gasteiger partial charge in [0.05, 0.1) is 0 Å². The zero-order valence-corrected chi connectivity index (χ0v) is 19.1. The van der Waals surface area contributed by atoms with E-state index in [4.69, 9.17) is 17.3 Å². The molecule has 2 N–H and O–H groups in total. The summed E-state index contributed by atoms with van der Waals surface area (Å²) in [6.07, 6.45) is 21.2. The van der Waals surface area contributed by atoms with Crippen molar-refractivity contribution in [2.24, 2.45) is 11.1 Å². The molecule has 0 radical (unpaired) electrons. The van der Waals surface area contributed by atoms with E-state index in [0.717, 1.165) is 25.1 Å². The number of hydrogen-bond acceptors (Lipinski definition) is 1. The largest absolute Gasteiger partial charge is 0.369 e. The van der Waals surface area contributed by atoms with Gasteiger partial charge in [-0.2, -0.15) is 0 Å². The molecule has 0 saturated heterocycles. The molecule has 0 atom stereocenters. The first-order chi connectivity index (χ1) is 12.4. The zero-order chi connectivity index (χ0) is 20.1. The highest BCUT2D eigenvalue weighted by Gasteiger charge is 2.23. The van der Waals surface area contributed by atoms with E-state index in [-0.39, 0.29) is 11.3 Å². The molecular weight excluding hydrogens is 342 g/mol. The molecule has 0 spiro atoms. The lowest BCUT2D eigenvalue weighted by Gasteiger charge is -2.19. The molecule has 0 fully saturated rings. The smallest absolute Gasteiger partial charge is 0.223 e. The predicted octanol–water partition coefficient (Wildman–Crippen LogP) is 8.00. The SMILES string of the molecule is CCCCCCCCCCCCCCCCC(C)(C)C(N)=O.CCCCl. The predicted molar refractivity (Wildman–Crippen MR) is 119 cm³/mol. The Labute approximate surface area is 170 Å². The molecule has 0 aromatic rings. The Morgan fingerprint density at radius 3 is 1.27 bits per heavy atom. The molecule has 0 aliphatic rings. The van der Waals surface area contributed by atoms with Gasteiger partial charge in [-0.05, 0) is 12.8 Å². The van der Waals surface area contributed by atoms with Crippen LogP contribution in [-0.4, -0.2) is 11.8 Å². The Bertz CT molecular complexity index is 290. The van der Waals surface area contributed by atoms with E-state index in [0.29, 0.717) is 0 Å². The molecule has 2 nitrogen and oxygen atoms in total. The van der Waals surface area contributed by atoms with Gasteiger partial charge >= 0.3 is 0 Å². The van der Waals surface area contributed by atoms with Crippen LogP contribution in [0.4, 0.5) is 0 Å². The van der Waals surface area contributed by atoms with Crippen LogP contribution in [0.5, 0.6) is 0 Å². The minimum atomic E-state index is -0.322. The van der Waals surface area contributed by atoms with Crippen molar-refractivity contribution in [1.82, 2.24) is 0 Å². The van der Waals surface area contributed by atoms with Crippen LogP contribution in [0.15, 0.2) is 0 Å². The van der Waals surface area contributed by atoms with E-state index in [2.05, 4.69) is 6.92 Å². The third-order valence-electron chi connectivity index (χ3n) is 5.01. The maximum absolute atomic E-state index is 11.2. The van der Waals surface area contributed by atoms with E-state index in [1.54, 1.807) is 0 Å². The van der Waals surface area contributed by atoms with Crippen LogP contribution >= 0.6 is 11.6 Å². The monoisotopic (exact) mass is 389 g/mol. The van der Waals surface area contributed by atoms with E-state index >= 15 is 0 Å². The molecule has 0 aromatic carbocycles. The number of alkyl halides is 1. The average molecular weight is 390 g/mol. The van der Waals surface area contributed by atoms with Crippen molar-refractivity contribution in [2.75, 3.05) is 5.88 Å². The third-order valence-corrected chi connectivity index (χ3v) is 5.39. The normalized spacial score (nSPS) is 11.1. The number of unbranched alkanes of at least 4 members (excludes halogenated alkanes) is 13. The lowest BCUT2D eigenvalue weighted by Crippen LogP contribution is -2.31. The van der Waals surface area contributed by atoms with Gasteiger partial charge in [0.2, 0.25) is 5.91 Å². The molecule has 3 heteroatoms. The number of amides is 1. The van der Waals surface area contributed by atoms with Gasteiger partial charge in [-0.25, -0.2) is 0 Å². The Morgan fingerprint density at radius 2 is 1.00 bits per heavy atom. The lowest BCUT2D eigenvalue weighted by molar-refractivity contribution is -0.126. The van der Waals surface area contributed by atoms with Crippen LogP contribution in [0.2, 0.25) is 0 Å². The van der Waals surface area contributed by atoms with Gasteiger partial charge in [-0.3, -0.25) is 4.79 Å². The van der Waals surface area contributed by atoms with Crippen molar-refractivity contribution in [3.05, 3.63) is 0 Å². The summed E-state index contributed by atoms with van der Waals surface area (Å²) in [6, 6.07) is 0. The van der Waals surface area contributed by atoms with Gasteiger partial charge < -0.3 is 5.73 Å². The van der Waals surface area contributed by atoms with Crippen molar-refractivity contribution >= 4 is 17.5 Å². The van der Waals surface area contributed by atoms with Crippen molar-refractivity contribution in [3.8, 4) is 0 Å². The van der Waals surface area contributed by atoms with E-state index in [1.807, 2.05) is 20.8 Å². The second-order valence-corrected chi connectivity index (χ2v) is 8.66. The van der Waals surface area contributed by atoms with Gasteiger partial charge in [-0.15, -0.1) is 11.6 Å². The molecule has 0 saturated carbocycles. The molecular formula is C23H48ClNO. The lowest BCUT2D eigenvalue weighted by atomic mass is 9.86. The molecule has 0 unspecified atom stereocenters. The summed E-state index contributed by atoms with van der Waals surface area (Å²) in [5, 5.41) is 0. The van der Waals surface area contributed by atoms with Gasteiger partial charge in [0.1, 0.15) is 0 Å². The fourth-order valence-corrected chi connectivity index (χ4v) is 2.88. The first kappa shape index (κ1) is 28.0. The van der Waals surface area contributed by atoms with E-state index in [1.165, 1.54) is 83.5 Å². The molecule has 26 heavy (non-hydrogen) atoms. The Kier molecular flexibility index (Phi) is 22.7. The van der Waals surface area contributed by atoms with Crippen LogP contribution in [0.1, 0.15) is 130 Å². The zero-order valence-electron chi connectivity index (χ0n) is 18.4. The Balaban J connectivity index is 0. The molecule has 0 heterocycles. The van der Waals surface area contributed by atoms with E-state index in [9.17, 15) is 4.79 Å². The molecule has 0 aromatic heterocycles. The van der Waals surface area contributed by atoms with Crippen molar-refractivity contribution in [3.63, 3.8) is 0 Å². The topological polar surface area (TPSA) is 43.1 Å². The summed E-state index contributed by atoms with van der Waals surface area (Å²) < 4.78 is 0. The molecule has 0 bridgehead atoms. The first-order valence-electron chi connectivity index (χ1n) is 11.3. The standard InChI is InChI=1S/C20H41NO.C3H7Cl/c1-4-5-6-7-8-9-10-11-12-13-14-15-16-17-18-20(2,3)19(21)22;1-2-3-4/h4-18H2,1-3H3,(H2,21,22);2-3H2,1H3. The number of hydrogen-bond donors (Lipinski definition) is 1. The maximum Gasteiger partial charge on any atom is 0.223 e. The summed E-state index contributed by atoms with van der Waals surface area (Å²) in [4.78, 5) is 11.2. The fraction of sp³-hybridized carbons (Fsp3) is 0.957. The highest BCUT2D eigenvalue weighted by Crippen LogP contribution is 2.23. The minimum absolute atomic E-state index is 0.165. The average Bonchev–Trinajstić information content (AvgIpc) is 2.62. The highest BCUT2D eigenvalue weighted by atomic mass is 35.5. The molecule has 0 aliphatic heterocycles. The number of primary amides is 1. The summed E-state index contributed by atoms with van der Waals surface area (Å²) in [7, 11) is 0. The molecule has 1 amide bonds.